The van der Waals surface area contributed by atoms with E-state index in [1.54, 1.807) is 36.5 Å². The van der Waals surface area contributed by atoms with Gasteiger partial charge in [0, 0.05) is 35.3 Å². The van der Waals surface area contributed by atoms with Gasteiger partial charge >= 0.3 is 0 Å². The highest BCUT2D eigenvalue weighted by atomic mass is 16.5. The van der Waals surface area contributed by atoms with Gasteiger partial charge in [-0.2, -0.15) is 5.10 Å². The second-order valence-corrected chi connectivity index (χ2v) is 8.52. The zero-order valence-electron chi connectivity index (χ0n) is 22.9. The third kappa shape index (κ3) is 7.29. The molecular weight excluding hydrogens is 484 g/mol. The van der Waals surface area contributed by atoms with E-state index in [4.69, 9.17) is 14.8 Å². The van der Waals surface area contributed by atoms with Gasteiger partial charge in [-0.05, 0) is 62.4 Å². The maximum absolute atomic E-state index is 13.4. The number of carbonyl (C=O) groups excluding carboxylic acids is 1. The van der Waals surface area contributed by atoms with E-state index in [0.717, 1.165) is 38.8 Å². The lowest BCUT2D eigenvalue weighted by atomic mass is 10.0. The molecule has 1 heterocycles. The summed E-state index contributed by atoms with van der Waals surface area (Å²) in [5.74, 6) is 0.536. The molecule has 0 aliphatic carbocycles. The smallest absolute Gasteiger partial charge is 0.256 e. The van der Waals surface area contributed by atoms with E-state index in [-0.39, 0.29) is 5.91 Å². The van der Waals surface area contributed by atoms with Gasteiger partial charge in [-0.3, -0.25) is 9.80 Å². The molecule has 0 bridgehead atoms. The summed E-state index contributed by atoms with van der Waals surface area (Å²) in [5.41, 5.74) is 4.60. The van der Waals surface area contributed by atoms with Crippen LogP contribution in [0.25, 0.3) is 21.8 Å². The Morgan fingerprint density at radius 1 is 0.974 bits per heavy atom. The summed E-state index contributed by atoms with van der Waals surface area (Å²) < 4.78 is 5.28. The fourth-order valence-electron chi connectivity index (χ4n) is 3.82. The predicted octanol–water partition coefficient (Wildman–Crippen LogP) is 7.26. The Morgan fingerprint density at radius 3 is 2.08 bits per heavy atom. The van der Waals surface area contributed by atoms with Crippen molar-refractivity contribution in [1.82, 2.24) is 15.3 Å². The average molecular weight is 519 g/mol. The van der Waals surface area contributed by atoms with Gasteiger partial charge in [0.2, 0.25) is 0 Å². The van der Waals surface area contributed by atoms with Gasteiger partial charge in [-0.1, -0.05) is 55.1 Å². The molecule has 0 saturated carbocycles. The van der Waals surface area contributed by atoms with Crippen molar-refractivity contribution >= 4 is 33.4 Å². The summed E-state index contributed by atoms with van der Waals surface area (Å²) in [7, 11) is 3.49. The van der Waals surface area contributed by atoms with E-state index in [0.29, 0.717) is 11.3 Å². The number of aromatic nitrogens is 1. The molecular formula is C33H34N4O2. The predicted molar refractivity (Wildman–Crippen MR) is 163 cm³/mol. The van der Waals surface area contributed by atoms with Crippen LogP contribution in [0.5, 0.6) is 5.75 Å². The van der Waals surface area contributed by atoms with E-state index in [1.165, 1.54) is 0 Å². The van der Waals surface area contributed by atoms with Gasteiger partial charge in [0.25, 0.3) is 5.91 Å². The largest absolute Gasteiger partial charge is 0.497 e. The Morgan fingerprint density at radius 2 is 1.54 bits per heavy atom. The molecule has 0 aliphatic heterocycles. The van der Waals surface area contributed by atoms with Gasteiger partial charge in [0.1, 0.15) is 5.75 Å². The third-order valence-corrected chi connectivity index (χ3v) is 5.78. The quantitative estimate of drug-likeness (QED) is 0.0876. The van der Waals surface area contributed by atoms with Gasteiger partial charge in [0.05, 0.1) is 29.4 Å². The monoisotopic (exact) mass is 518 g/mol. The number of pyridine rings is 1. The van der Waals surface area contributed by atoms with Crippen LogP contribution < -0.4 is 10.1 Å². The van der Waals surface area contributed by atoms with Crippen molar-refractivity contribution in [3.63, 3.8) is 0 Å². The molecule has 0 spiro atoms. The first kappa shape index (κ1) is 28.6. The molecule has 6 heteroatoms. The Hall–Kier alpha value is -4.97. The molecule has 4 rings (SSSR count). The van der Waals surface area contributed by atoms with Crippen molar-refractivity contribution in [2.45, 2.75) is 13.8 Å². The number of nitrogens with one attached hydrogen (secondary N) is 1. The average Bonchev–Trinajstić information content (AvgIpc) is 2.95. The number of allylic oxidation sites excluding steroid dienone is 5. The molecule has 1 N–H and O–H groups in total. The molecule has 6 nitrogen and oxygen atoms in total. The number of rotatable bonds is 8. The first-order valence-corrected chi connectivity index (χ1v) is 12.5. The Kier molecular flexibility index (Phi) is 10.3. The van der Waals surface area contributed by atoms with Crippen molar-refractivity contribution in [3.05, 3.63) is 133 Å². The highest BCUT2D eigenvalue weighted by Crippen LogP contribution is 2.25. The number of carbonyl (C=O) groups is 1. The van der Waals surface area contributed by atoms with Crippen LogP contribution in [0.1, 0.15) is 29.8 Å². The van der Waals surface area contributed by atoms with Crippen molar-refractivity contribution in [3.8, 4) is 5.75 Å². The molecule has 39 heavy (non-hydrogen) atoms. The number of methoxy groups -OCH3 is 1. The zero-order valence-corrected chi connectivity index (χ0v) is 22.9. The van der Waals surface area contributed by atoms with Gasteiger partial charge in [-0.15, -0.1) is 6.58 Å². The molecule has 0 atom stereocenters. The summed E-state index contributed by atoms with van der Waals surface area (Å²) in [5, 5.41) is 11.0. The number of hydrogen-bond acceptors (Lipinski definition) is 5. The molecule has 0 aliphatic rings. The minimum Gasteiger partial charge on any atom is -0.497 e. The Labute approximate surface area is 230 Å². The number of ether oxygens (including phenoxy) is 1. The first-order valence-electron chi connectivity index (χ1n) is 12.5. The van der Waals surface area contributed by atoms with Crippen LogP contribution in [0.15, 0.2) is 127 Å². The summed E-state index contributed by atoms with van der Waals surface area (Å²) in [4.78, 5) is 18.1. The second kappa shape index (κ2) is 14.1. The lowest BCUT2D eigenvalue weighted by Crippen LogP contribution is -2.19. The number of hydrazone groups is 1. The fourth-order valence-corrected chi connectivity index (χ4v) is 3.82. The maximum Gasteiger partial charge on any atom is 0.256 e. The molecule has 0 unspecified atom stereocenters. The van der Waals surface area contributed by atoms with E-state index < -0.39 is 0 Å². The molecule has 1 amide bonds. The highest BCUT2D eigenvalue weighted by Gasteiger charge is 2.15. The second-order valence-electron chi connectivity index (χ2n) is 8.52. The third-order valence-electron chi connectivity index (χ3n) is 5.78. The highest BCUT2D eigenvalue weighted by molar-refractivity contribution is 6.16. The molecule has 0 radical (unpaired) electrons. The van der Waals surface area contributed by atoms with Crippen LogP contribution in [-0.4, -0.2) is 35.8 Å². The molecule has 0 saturated heterocycles. The zero-order chi connectivity index (χ0) is 28.2. The lowest BCUT2D eigenvalue weighted by Gasteiger charge is -2.15. The number of amides is 1. The van der Waals surface area contributed by atoms with Crippen LogP contribution >= 0.6 is 0 Å². The van der Waals surface area contributed by atoms with Gasteiger partial charge in [0.15, 0.2) is 0 Å². The SMILES string of the molecule is C=C/C=C(\C)N(C)/N=C(\C=C\NC(=O)c1c2ccccc2nc2ccccc12)c1ccc(OC)cc1.C=CC. The molecule has 198 valence electrons. The summed E-state index contributed by atoms with van der Waals surface area (Å²) in [6.07, 6.45) is 8.74. The van der Waals surface area contributed by atoms with Crippen molar-refractivity contribution in [2.75, 3.05) is 14.2 Å². The van der Waals surface area contributed by atoms with E-state index in [2.05, 4.69) is 18.5 Å². The Bertz CT molecular complexity index is 1500. The number of hydrogen-bond donors (Lipinski definition) is 1. The number of fused-ring (bicyclic) bond motifs is 2. The van der Waals surface area contributed by atoms with Crippen molar-refractivity contribution < 1.29 is 9.53 Å². The maximum atomic E-state index is 13.4. The lowest BCUT2D eigenvalue weighted by molar-refractivity contribution is 0.0973. The van der Waals surface area contributed by atoms with Crippen LogP contribution in [0.2, 0.25) is 0 Å². The van der Waals surface area contributed by atoms with Crippen LogP contribution in [0.3, 0.4) is 0 Å². The van der Waals surface area contributed by atoms with Gasteiger partial charge < -0.3 is 10.1 Å². The number of nitrogens with zero attached hydrogens (tertiary/aromatic N) is 3. The number of benzene rings is 3. The minimum absolute atomic E-state index is 0.216. The van der Waals surface area contributed by atoms with Crippen LogP contribution in [-0.2, 0) is 0 Å². The summed E-state index contributed by atoms with van der Waals surface area (Å²) in [6, 6.07) is 22.9. The van der Waals surface area contributed by atoms with E-state index in [9.17, 15) is 4.79 Å². The standard InChI is InChI=1S/C30H28N4O2.C3H6/c1-5-10-21(2)34(3)33-26(22-15-17-23(36-4)18-16-22)19-20-31-30(35)29-24-11-6-8-13-27(24)32-28-14-9-7-12-25(28)29;1-3-2/h5-20H,1H2,2-4H3,(H,31,35);3H,1H2,2H3/b20-19+,21-10+,33-26+;. The van der Waals surface area contributed by atoms with E-state index in [1.807, 2.05) is 99.8 Å². The molecule has 3 aromatic carbocycles. The fraction of sp³-hybridized carbons (Fsp3) is 0.121. The van der Waals surface area contributed by atoms with E-state index >= 15 is 0 Å². The first-order chi connectivity index (χ1) is 18.9. The molecule has 4 aromatic rings. The topological polar surface area (TPSA) is 66.8 Å². The summed E-state index contributed by atoms with van der Waals surface area (Å²) >= 11 is 0. The summed E-state index contributed by atoms with van der Waals surface area (Å²) in [6.45, 7) is 10.9. The molecule has 1 aromatic heterocycles. The normalized spacial score (nSPS) is 11.6. The van der Waals surface area contributed by atoms with Crippen LogP contribution in [0.4, 0.5) is 0 Å². The number of para-hydroxylation sites is 2. The van der Waals surface area contributed by atoms with Crippen molar-refractivity contribution in [1.29, 1.82) is 0 Å². The Balaban J connectivity index is 0.00000134. The van der Waals surface area contributed by atoms with Gasteiger partial charge in [-0.25, -0.2) is 4.98 Å². The van der Waals surface area contributed by atoms with Crippen molar-refractivity contribution in [2.24, 2.45) is 5.10 Å². The minimum atomic E-state index is -0.216. The van der Waals surface area contributed by atoms with Crippen LogP contribution in [0, 0.1) is 0 Å². The molecule has 0 fully saturated rings.